The summed E-state index contributed by atoms with van der Waals surface area (Å²) in [5.41, 5.74) is 0.787. The van der Waals surface area contributed by atoms with Gasteiger partial charge < -0.3 is 5.32 Å². The average molecular weight is 181 g/mol. The van der Waals surface area contributed by atoms with Gasteiger partial charge in [0.05, 0.1) is 0 Å². The number of nitrogens with one attached hydrogen (secondary N) is 1. The summed E-state index contributed by atoms with van der Waals surface area (Å²) in [6.07, 6.45) is 7.42. The van der Waals surface area contributed by atoms with Crippen molar-refractivity contribution < 1.29 is 0 Å². The van der Waals surface area contributed by atoms with Gasteiger partial charge in [0, 0.05) is 0 Å². The Morgan fingerprint density at radius 2 is 2.08 bits per heavy atom. The number of piperidine rings is 1. The van der Waals surface area contributed by atoms with Gasteiger partial charge in [-0.25, -0.2) is 0 Å². The lowest BCUT2D eigenvalue weighted by atomic mass is 9.56. The first kappa shape index (κ1) is 9.51. The molecule has 1 heteroatoms. The third-order valence-electron chi connectivity index (χ3n) is 4.16. The molecule has 1 spiro atoms. The third-order valence-corrected chi connectivity index (χ3v) is 4.16. The molecule has 0 bridgehead atoms. The highest BCUT2D eigenvalue weighted by molar-refractivity contribution is 4.97. The molecule has 1 atom stereocenters. The minimum atomic E-state index is 0.787. The first-order chi connectivity index (χ1) is 6.23. The maximum absolute atomic E-state index is 3.56. The van der Waals surface area contributed by atoms with Gasteiger partial charge in [-0.2, -0.15) is 0 Å². The Morgan fingerprint density at radius 3 is 2.62 bits per heavy atom. The van der Waals surface area contributed by atoms with Crippen molar-refractivity contribution in [1.82, 2.24) is 5.32 Å². The van der Waals surface area contributed by atoms with Crippen LogP contribution in [0.25, 0.3) is 0 Å². The molecule has 13 heavy (non-hydrogen) atoms. The van der Waals surface area contributed by atoms with Gasteiger partial charge in [0.2, 0.25) is 0 Å². The molecule has 0 amide bonds. The molecule has 1 aliphatic carbocycles. The van der Waals surface area contributed by atoms with Crippen LogP contribution in [0.1, 0.15) is 46.0 Å². The van der Waals surface area contributed by atoms with E-state index in [0.29, 0.717) is 0 Å². The molecule has 1 unspecified atom stereocenters. The highest BCUT2D eigenvalue weighted by Gasteiger charge is 2.44. The van der Waals surface area contributed by atoms with Crippen LogP contribution < -0.4 is 5.32 Å². The summed E-state index contributed by atoms with van der Waals surface area (Å²) in [5, 5.41) is 3.56. The molecule has 2 aliphatic rings. The molecule has 1 nitrogen and oxygen atoms in total. The lowest BCUT2D eigenvalue weighted by Gasteiger charge is -2.51. The number of rotatable bonds is 2. The van der Waals surface area contributed by atoms with E-state index in [1.54, 1.807) is 0 Å². The summed E-state index contributed by atoms with van der Waals surface area (Å²) in [6, 6.07) is 0. The monoisotopic (exact) mass is 181 g/mol. The largest absolute Gasteiger partial charge is 0.316 e. The van der Waals surface area contributed by atoms with Crippen LogP contribution >= 0.6 is 0 Å². The predicted molar refractivity (Wildman–Crippen MR) is 56.7 cm³/mol. The molecule has 2 fully saturated rings. The molecule has 1 saturated heterocycles. The molecule has 1 aliphatic heterocycles. The van der Waals surface area contributed by atoms with E-state index in [1.807, 2.05) is 0 Å². The van der Waals surface area contributed by atoms with Gasteiger partial charge in [-0.3, -0.25) is 0 Å². The minimum absolute atomic E-state index is 0.787. The fourth-order valence-corrected chi connectivity index (χ4v) is 3.23. The van der Waals surface area contributed by atoms with Crippen molar-refractivity contribution in [2.45, 2.75) is 46.0 Å². The number of hydrogen-bond acceptors (Lipinski definition) is 1. The normalized spacial score (nSPS) is 32.1. The Labute approximate surface area is 82.3 Å². The van der Waals surface area contributed by atoms with E-state index in [1.165, 1.54) is 45.2 Å². The predicted octanol–water partition coefficient (Wildman–Crippen LogP) is 2.81. The molecular formula is C12H23N. The van der Waals surface area contributed by atoms with Gasteiger partial charge in [0.25, 0.3) is 0 Å². The summed E-state index contributed by atoms with van der Waals surface area (Å²) in [7, 11) is 0. The zero-order valence-corrected chi connectivity index (χ0v) is 9.10. The zero-order valence-electron chi connectivity index (χ0n) is 9.10. The molecule has 0 aromatic rings. The standard InChI is InChI=1S/C12H23N/c1-10(2)8-11-9-13-7-6-12(11)4-3-5-12/h10-11,13H,3-9H2,1-2H3. The van der Waals surface area contributed by atoms with Gasteiger partial charge in [-0.1, -0.05) is 20.3 Å². The second kappa shape index (κ2) is 3.61. The minimum Gasteiger partial charge on any atom is -0.316 e. The molecule has 0 aromatic carbocycles. The molecule has 0 radical (unpaired) electrons. The topological polar surface area (TPSA) is 12.0 Å². The van der Waals surface area contributed by atoms with E-state index >= 15 is 0 Å². The van der Waals surface area contributed by atoms with Crippen LogP contribution in [0.3, 0.4) is 0 Å². The van der Waals surface area contributed by atoms with E-state index in [0.717, 1.165) is 17.3 Å². The summed E-state index contributed by atoms with van der Waals surface area (Å²) in [4.78, 5) is 0. The molecule has 1 N–H and O–H groups in total. The Kier molecular flexibility index (Phi) is 2.64. The molecule has 1 heterocycles. The lowest BCUT2D eigenvalue weighted by Crippen LogP contribution is -2.49. The summed E-state index contributed by atoms with van der Waals surface area (Å²) in [6.45, 7) is 7.29. The van der Waals surface area contributed by atoms with E-state index < -0.39 is 0 Å². The maximum atomic E-state index is 3.56. The van der Waals surface area contributed by atoms with Gasteiger partial charge in [0.1, 0.15) is 0 Å². The van der Waals surface area contributed by atoms with Crippen molar-refractivity contribution in [3.63, 3.8) is 0 Å². The Hall–Kier alpha value is -0.0400. The van der Waals surface area contributed by atoms with Crippen LogP contribution in [0.4, 0.5) is 0 Å². The van der Waals surface area contributed by atoms with Gasteiger partial charge in [0.15, 0.2) is 0 Å². The fourth-order valence-electron chi connectivity index (χ4n) is 3.23. The maximum Gasteiger partial charge on any atom is -0.00151 e. The van der Waals surface area contributed by atoms with E-state index in [4.69, 9.17) is 0 Å². The molecule has 0 aromatic heterocycles. The Morgan fingerprint density at radius 1 is 1.31 bits per heavy atom. The smallest absolute Gasteiger partial charge is 0.00151 e. The summed E-state index contributed by atoms with van der Waals surface area (Å²) in [5.74, 6) is 1.86. The van der Waals surface area contributed by atoms with Crippen molar-refractivity contribution in [2.24, 2.45) is 17.3 Å². The van der Waals surface area contributed by atoms with Crippen LogP contribution in [0.5, 0.6) is 0 Å². The third kappa shape index (κ3) is 1.76. The number of hydrogen-bond donors (Lipinski definition) is 1. The summed E-state index contributed by atoms with van der Waals surface area (Å²) < 4.78 is 0. The van der Waals surface area contributed by atoms with Crippen LogP contribution in [-0.2, 0) is 0 Å². The molecule has 76 valence electrons. The van der Waals surface area contributed by atoms with Crippen molar-refractivity contribution in [3.05, 3.63) is 0 Å². The van der Waals surface area contributed by atoms with Gasteiger partial charge in [-0.05, 0) is 56.0 Å². The average Bonchev–Trinajstić information content (AvgIpc) is 2.01. The van der Waals surface area contributed by atoms with Crippen LogP contribution in [0.2, 0.25) is 0 Å². The Bertz CT molecular complexity index is 170. The summed E-state index contributed by atoms with van der Waals surface area (Å²) >= 11 is 0. The van der Waals surface area contributed by atoms with E-state index in [-0.39, 0.29) is 0 Å². The van der Waals surface area contributed by atoms with Gasteiger partial charge >= 0.3 is 0 Å². The highest BCUT2D eigenvalue weighted by Crippen LogP contribution is 2.52. The second-order valence-corrected chi connectivity index (χ2v) is 5.50. The molecule has 2 rings (SSSR count). The van der Waals surface area contributed by atoms with E-state index in [9.17, 15) is 0 Å². The highest BCUT2D eigenvalue weighted by atomic mass is 14.9. The fraction of sp³-hybridized carbons (Fsp3) is 1.00. The first-order valence-electron chi connectivity index (χ1n) is 5.94. The molecule has 1 saturated carbocycles. The van der Waals surface area contributed by atoms with Gasteiger partial charge in [-0.15, -0.1) is 0 Å². The van der Waals surface area contributed by atoms with Crippen LogP contribution in [0, 0.1) is 17.3 Å². The first-order valence-corrected chi connectivity index (χ1v) is 5.94. The van der Waals surface area contributed by atoms with Crippen LogP contribution in [0.15, 0.2) is 0 Å². The van der Waals surface area contributed by atoms with Crippen molar-refractivity contribution in [2.75, 3.05) is 13.1 Å². The molecular weight excluding hydrogens is 158 g/mol. The quantitative estimate of drug-likeness (QED) is 0.690. The second-order valence-electron chi connectivity index (χ2n) is 5.50. The van der Waals surface area contributed by atoms with Crippen LogP contribution in [-0.4, -0.2) is 13.1 Å². The van der Waals surface area contributed by atoms with Crippen molar-refractivity contribution in [1.29, 1.82) is 0 Å². The van der Waals surface area contributed by atoms with Crippen molar-refractivity contribution in [3.8, 4) is 0 Å². The van der Waals surface area contributed by atoms with Crippen molar-refractivity contribution >= 4 is 0 Å². The SMILES string of the molecule is CC(C)CC1CNCCC12CCC2. The van der Waals surface area contributed by atoms with E-state index in [2.05, 4.69) is 19.2 Å². The zero-order chi connectivity index (χ0) is 9.31. The Balaban J connectivity index is 1.97. The lowest BCUT2D eigenvalue weighted by molar-refractivity contribution is 0.00652.